The van der Waals surface area contributed by atoms with E-state index in [1.807, 2.05) is 6.92 Å². The van der Waals surface area contributed by atoms with Crippen LogP contribution in [0.3, 0.4) is 0 Å². The van der Waals surface area contributed by atoms with Crippen LogP contribution in [0, 0.1) is 10.8 Å². The van der Waals surface area contributed by atoms with Gasteiger partial charge in [-0.2, -0.15) is 4.68 Å². The molecule has 0 aliphatic heterocycles. The second-order valence-electron chi connectivity index (χ2n) is 8.63. The van der Waals surface area contributed by atoms with Gasteiger partial charge < -0.3 is 5.32 Å². The molecule has 1 aliphatic carbocycles. The second-order valence-corrected chi connectivity index (χ2v) is 8.63. The first-order valence-corrected chi connectivity index (χ1v) is 9.11. The van der Waals surface area contributed by atoms with Crippen LogP contribution in [0.2, 0.25) is 0 Å². The standard InChI is InChI=1S/C17H23N7O5/c1-16(2)4-9(19-8-25)5-17(3,6-16)7-18-13(27)23-24-12(26)10-11(22-15(24)29)21-14(28)20-10/h9H,4-7H2,1-3H3,(H,22,29)(H2,18,23,27)(H2,20,21,28). The third-order valence-corrected chi connectivity index (χ3v) is 5.13. The number of hydrogen-bond donors (Lipinski definition) is 5. The average molecular weight is 405 g/mol. The molecule has 1 fully saturated rings. The minimum absolute atomic E-state index is 0.0535. The summed E-state index contributed by atoms with van der Waals surface area (Å²) in [6.45, 7) is 6.38. The first-order valence-electron chi connectivity index (χ1n) is 9.11. The number of nitrogens with one attached hydrogen (secondary N) is 5. The maximum absolute atomic E-state index is 12.3. The second kappa shape index (κ2) is 7.21. The summed E-state index contributed by atoms with van der Waals surface area (Å²) >= 11 is 0. The molecule has 3 rings (SSSR count). The smallest absolute Gasteiger partial charge is 0.336 e. The zero-order chi connectivity index (χ0) is 21.4. The normalized spacial score (nSPS) is 23.3. The molecule has 5 N–H and O–H groups in total. The number of aliphatic imine (C=N–C) groups is 1. The van der Waals surface area contributed by atoms with Crippen molar-refractivity contribution in [3.63, 3.8) is 0 Å². The number of carbonyl (C=O) groups excluding carboxylic acids is 2. The molecule has 29 heavy (non-hydrogen) atoms. The molecular formula is C17H23N7O5. The van der Waals surface area contributed by atoms with Crippen molar-refractivity contribution in [3.8, 4) is 0 Å². The minimum atomic E-state index is -0.904. The lowest BCUT2D eigenvalue weighted by molar-refractivity contribution is 0.0854. The van der Waals surface area contributed by atoms with Gasteiger partial charge in [0.25, 0.3) is 0 Å². The van der Waals surface area contributed by atoms with Crippen LogP contribution in [0.5, 0.6) is 0 Å². The lowest BCUT2D eigenvalue weighted by Crippen LogP contribution is -2.50. The van der Waals surface area contributed by atoms with E-state index in [9.17, 15) is 24.0 Å². The number of nitrogens with zero attached hydrogens (tertiary/aromatic N) is 2. The number of carbonyl (C=O) groups is 1. The molecule has 0 spiro atoms. The summed E-state index contributed by atoms with van der Waals surface area (Å²) in [5.41, 5.74) is -0.877. The lowest BCUT2D eigenvalue weighted by Gasteiger charge is -2.45. The van der Waals surface area contributed by atoms with Gasteiger partial charge in [-0.1, -0.05) is 20.8 Å². The van der Waals surface area contributed by atoms with Crippen molar-refractivity contribution in [1.82, 2.24) is 24.9 Å². The molecule has 12 nitrogen and oxygen atoms in total. The highest BCUT2D eigenvalue weighted by Crippen LogP contribution is 2.46. The predicted molar refractivity (Wildman–Crippen MR) is 104 cm³/mol. The van der Waals surface area contributed by atoms with E-state index < -0.39 is 23.0 Å². The van der Waals surface area contributed by atoms with E-state index in [-0.39, 0.29) is 34.6 Å². The minimum Gasteiger partial charge on any atom is -0.336 e. The first-order chi connectivity index (χ1) is 13.5. The van der Waals surface area contributed by atoms with Crippen molar-refractivity contribution in [2.75, 3.05) is 12.0 Å². The topological polar surface area (TPSA) is 174 Å². The van der Waals surface area contributed by atoms with Crippen LogP contribution in [-0.4, -0.2) is 44.3 Å². The molecule has 1 saturated carbocycles. The van der Waals surface area contributed by atoms with Gasteiger partial charge in [0.05, 0.1) is 6.04 Å². The number of isocyanates is 1. The van der Waals surface area contributed by atoms with Gasteiger partial charge in [-0.05, 0) is 30.1 Å². The third kappa shape index (κ3) is 4.37. The highest BCUT2D eigenvalue weighted by atomic mass is 16.2. The highest BCUT2D eigenvalue weighted by molar-refractivity contribution is 5.82. The van der Waals surface area contributed by atoms with E-state index >= 15 is 0 Å². The van der Waals surface area contributed by atoms with Crippen molar-refractivity contribution in [2.24, 2.45) is 15.8 Å². The molecular weight excluding hydrogens is 382 g/mol. The summed E-state index contributed by atoms with van der Waals surface area (Å²) in [5.74, 6) is 0. The van der Waals surface area contributed by atoms with E-state index in [1.165, 1.54) is 0 Å². The largest absolute Gasteiger partial charge is 0.349 e. The van der Waals surface area contributed by atoms with E-state index in [0.717, 1.165) is 12.8 Å². The number of fused-ring (bicyclic) bond motifs is 1. The zero-order valence-corrected chi connectivity index (χ0v) is 16.3. The van der Waals surface area contributed by atoms with Crippen LogP contribution in [0.25, 0.3) is 11.2 Å². The van der Waals surface area contributed by atoms with Gasteiger partial charge in [0.2, 0.25) is 6.08 Å². The van der Waals surface area contributed by atoms with Gasteiger partial charge in [0.15, 0.2) is 5.52 Å². The van der Waals surface area contributed by atoms with Crippen LogP contribution in [0.15, 0.2) is 19.4 Å². The molecule has 2 aromatic heterocycles. The Hall–Kier alpha value is -3.40. The molecule has 2 heterocycles. The molecule has 0 radical (unpaired) electrons. The van der Waals surface area contributed by atoms with Crippen molar-refractivity contribution >= 4 is 23.3 Å². The molecule has 0 aromatic carbocycles. The Labute approximate surface area is 163 Å². The average Bonchev–Trinajstić information content (AvgIpc) is 2.96. The fourth-order valence-electron chi connectivity index (χ4n) is 4.42. The van der Waals surface area contributed by atoms with Crippen LogP contribution in [0.4, 0.5) is 4.79 Å². The third-order valence-electron chi connectivity index (χ3n) is 5.13. The van der Waals surface area contributed by atoms with Crippen LogP contribution in [0.1, 0.15) is 40.0 Å². The number of imidazole rings is 1. The Kier molecular flexibility index (Phi) is 5.05. The number of aromatic nitrogens is 4. The molecule has 1 aliphatic rings. The molecule has 156 valence electrons. The van der Waals surface area contributed by atoms with Crippen molar-refractivity contribution in [3.05, 3.63) is 31.3 Å². The number of amides is 2. The summed E-state index contributed by atoms with van der Waals surface area (Å²) in [4.78, 5) is 69.4. The molecule has 0 saturated heterocycles. The summed E-state index contributed by atoms with van der Waals surface area (Å²) in [6, 6.07) is -0.931. The SMILES string of the molecule is CC1(C)CC(N=C=O)CC(C)(CNC(=O)Nn2c(=O)[nH]c3[nH]c(=O)[nH]c3c2=O)C1. The maximum Gasteiger partial charge on any atom is 0.349 e. The molecule has 12 heteroatoms. The Morgan fingerprint density at radius 1 is 1.21 bits per heavy atom. The highest BCUT2D eigenvalue weighted by Gasteiger charge is 2.41. The Morgan fingerprint density at radius 2 is 1.93 bits per heavy atom. The monoisotopic (exact) mass is 405 g/mol. The van der Waals surface area contributed by atoms with Crippen LogP contribution in [-0.2, 0) is 4.79 Å². The van der Waals surface area contributed by atoms with Gasteiger partial charge in [-0.15, -0.1) is 0 Å². The van der Waals surface area contributed by atoms with Crippen molar-refractivity contribution < 1.29 is 9.59 Å². The number of urea groups is 1. The molecule has 2 amide bonds. The summed E-state index contributed by atoms with van der Waals surface area (Å²) < 4.78 is 0.480. The van der Waals surface area contributed by atoms with Gasteiger partial charge in [-0.3, -0.25) is 19.7 Å². The summed E-state index contributed by atoms with van der Waals surface area (Å²) in [6.07, 6.45) is 3.76. The quantitative estimate of drug-likeness (QED) is 0.351. The summed E-state index contributed by atoms with van der Waals surface area (Å²) in [5, 5.41) is 2.67. The number of hydrogen-bond acceptors (Lipinski definition) is 6. The van der Waals surface area contributed by atoms with Crippen LogP contribution >= 0.6 is 0 Å². The van der Waals surface area contributed by atoms with E-state index in [2.05, 4.69) is 44.5 Å². The Bertz CT molecular complexity index is 1160. The van der Waals surface area contributed by atoms with Gasteiger partial charge in [0.1, 0.15) is 5.65 Å². The van der Waals surface area contributed by atoms with Crippen molar-refractivity contribution in [2.45, 2.75) is 46.1 Å². The lowest BCUT2D eigenvalue weighted by atomic mass is 9.63. The Balaban J connectivity index is 1.74. The number of rotatable bonds is 4. The van der Waals surface area contributed by atoms with E-state index in [1.54, 1.807) is 6.08 Å². The first kappa shape index (κ1) is 20.3. The predicted octanol–water partition coefficient (Wildman–Crippen LogP) is -0.120. The van der Waals surface area contributed by atoms with Gasteiger partial charge >= 0.3 is 23.0 Å². The molecule has 2 aromatic rings. The van der Waals surface area contributed by atoms with Crippen LogP contribution < -0.4 is 27.7 Å². The van der Waals surface area contributed by atoms with Gasteiger partial charge in [0, 0.05) is 6.54 Å². The maximum atomic E-state index is 12.3. The molecule has 2 atom stereocenters. The number of aromatic amines is 3. The van der Waals surface area contributed by atoms with E-state index in [4.69, 9.17) is 0 Å². The van der Waals surface area contributed by atoms with Gasteiger partial charge in [-0.25, -0.2) is 29.6 Å². The zero-order valence-electron chi connectivity index (χ0n) is 16.3. The Morgan fingerprint density at radius 3 is 2.62 bits per heavy atom. The molecule has 0 bridgehead atoms. The van der Waals surface area contributed by atoms with Crippen molar-refractivity contribution in [1.29, 1.82) is 0 Å². The van der Waals surface area contributed by atoms with E-state index in [0.29, 0.717) is 11.1 Å². The fraction of sp³-hybridized carbons (Fsp3) is 0.588. The molecule has 2 unspecified atom stereocenters. The fourth-order valence-corrected chi connectivity index (χ4v) is 4.42. The summed E-state index contributed by atoms with van der Waals surface area (Å²) in [7, 11) is 0. The number of H-pyrrole nitrogens is 3.